The Morgan fingerprint density at radius 3 is 2.79 bits per heavy atom. The van der Waals surface area contributed by atoms with Gasteiger partial charge in [0.15, 0.2) is 11.6 Å². The van der Waals surface area contributed by atoms with Gasteiger partial charge in [-0.15, -0.1) is 0 Å². The lowest BCUT2D eigenvalue weighted by Gasteiger charge is -2.50. The largest absolute Gasteiger partial charge is 0.494 e. The predicted molar refractivity (Wildman–Crippen MR) is 99.5 cm³/mol. The molecule has 2 aliphatic heterocycles. The number of methoxy groups -OCH3 is 1. The smallest absolute Gasteiger partial charge is 0.254 e. The van der Waals surface area contributed by atoms with Crippen LogP contribution in [0.5, 0.6) is 5.75 Å². The number of nitrogens with zero attached hydrogens (tertiary/aromatic N) is 1. The Hall–Kier alpha value is -2.93. The summed E-state index contributed by atoms with van der Waals surface area (Å²) in [6.45, 7) is 0.682. The molecule has 2 aromatic rings. The minimum absolute atomic E-state index is 0.0432. The highest BCUT2D eigenvalue weighted by atomic mass is 19.1. The number of hydrogen-bond acceptors (Lipinski definition) is 4. The van der Waals surface area contributed by atoms with Crippen LogP contribution in [0.2, 0.25) is 0 Å². The van der Waals surface area contributed by atoms with Gasteiger partial charge in [-0.05, 0) is 30.2 Å². The van der Waals surface area contributed by atoms with Crippen LogP contribution in [0.3, 0.4) is 0 Å². The lowest BCUT2D eigenvalue weighted by molar-refractivity contribution is -0.150. The summed E-state index contributed by atoms with van der Waals surface area (Å²) in [4.78, 5) is 26.6. The number of hydrogen-bond donors (Lipinski definition) is 1. The van der Waals surface area contributed by atoms with Gasteiger partial charge in [0.25, 0.3) is 5.91 Å². The summed E-state index contributed by atoms with van der Waals surface area (Å²) in [6, 6.07) is 13.8. The molecule has 0 aliphatic carbocycles. The van der Waals surface area contributed by atoms with Crippen LogP contribution >= 0.6 is 0 Å². The monoisotopic (exact) mass is 384 g/mol. The maximum Gasteiger partial charge on any atom is 0.254 e. The lowest BCUT2D eigenvalue weighted by Crippen LogP contribution is -2.67. The number of fused-ring (bicyclic) bond motifs is 1. The molecule has 0 radical (unpaired) electrons. The molecular weight excluding hydrogens is 363 g/mol. The van der Waals surface area contributed by atoms with E-state index < -0.39 is 11.4 Å². The van der Waals surface area contributed by atoms with E-state index in [0.717, 1.165) is 5.56 Å². The number of carbonyl (C=O) groups is 2. The van der Waals surface area contributed by atoms with Crippen LogP contribution in [-0.2, 0) is 15.1 Å². The average Bonchev–Trinajstić information content (AvgIpc) is 2.73. The van der Waals surface area contributed by atoms with E-state index >= 15 is 0 Å². The number of rotatable bonds is 3. The first-order valence-corrected chi connectivity index (χ1v) is 9.14. The van der Waals surface area contributed by atoms with E-state index in [1.165, 1.54) is 19.2 Å². The van der Waals surface area contributed by atoms with Gasteiger partial charge < -0.3 is 19.7 Å². The van der Waals surface area contributed by atoms with Gasteiger partial charge in [-0.3, -0.25) is 9.59 Å². The van der Waals surface area contributed by atoms with Gasteiger partial charge in [0.1, 0.15) is 12.7 Å². The molecule has 0 bridgehead atoms. The molecule has 2 amide bonds. The molecule has 2 heterocycles. The van der Waals surface area contributed by atoms with Gasteiger partial charge in [-0.1, -0.05) is 30.3 Å². The molecule has 0 unspecified atom stereocenters. The van der Waals surface area contributed by atoms with E-state index in [1.54, 1.807) is 11.0 Å². The van der Waals surface area contributed by atoms with E-state index in [0.29, 0.717) is 19.5 Å². The Morgan fingerprint density at radius 2 is 2.07 bits per heavy atom. The van der Waals surface area contributed by atoms with Crippen LogP contribution in [0.4, 0.5) is 4.39 Å². The van der Waals surface area contributed by atoms with E-state index in [1.807, 2.05) is 30.3 Å². The second-order valence-corrected chi connectivity index (χ2v) is 7.04. The van der Waals surface area contributed by atoms with Gasteiger partial charge in [-0.2, -0.15) is 0 Å². The first-order valence-electron chi connectivity index (χ1n) is 9.14. The molecule has 4 rings (SSSR count). The van der Waals surface area contributed by atoms with Gasteiger partial charge >= 0.3 is 0 Å². The van der Waals surface area contributed by atoms with Gasteiger partial charge in [-0.25, -0.2) is 4.39 Å². The van der Waals surface area contributed by atoms with Crippen molar-refractivity contribution in [1.29, 1.82) is 0 Å². The van der Waals surface area contributed by atoms with Crippen LogP contribution in [0.1, 0.15) is 22.3 Å². The Labute approximate surface area is 162 Å². The molecule has 146 valence electrons. The summed E-state index contributed by atoms with van der Waals surface area (Å²) in [5.74, 6) is -0.928. The fraction of sp³-hybridized carbons (Fsp3) is 0.333. The van der Waals surface area contributed by atoms with Crippen LogP contribution in [0, 0.1) is 5.82 Å². The molecule has 6 nitrogen and oxygen atoms in total. The quantitative estimate of drug-likeness (QED) is 0.880. The summed E-state index contributed by atoms with van der Waals surface area (Å²) in [5, 5.41) is 3.09. The number of benzene rings is 2. The third-order valence-electron chi connectivity index (χ3n) is 5.46. The number of amides is 2. The maximum absolute atomic E-state index is 14.0. The minimum Gasteiger partial charge on any atom is -0.494 e. The average molecular weight is 384 g/mol. The number of piperidine rings is 1. The second-order valence-electron chi connectivity index (χ2n) is 7.04. The van der Waals surface area contributed by atoms with Gasteiger partial charge in [0.05, 0.1) is 12.6 Å². The Morgan fingerprint density at radius 1 is 1.29 bits per heavy atom. The zero-order valence-electron chi connectivity index (χ0n) is 15.5. The molecule has 28 heavy (non-hydrogen) atoms. The van der Waals surface area contributed by atoms with Crippen molar-refractivity contribution in [3.63, 3.8) is 0 Å². The molecule has 2 aliphatic rings. The minimum atomic E-state index is -0.668. The summed E-state index contributed by atoms with van der Waals surface area (Å²) in [7, 11) is 1.38. The molecule has 2 fully saturated rings. The van der Waals surface area contributed by atoms with Crippen molar-refractivity contribution in [1.82, 2.24) is 10.2 Å². The van der Waals surface area contributed by atoms with Crippen molar-refractivity contribution in [2.75, 3.05) is 26.8 Å². The number of ether oxygens (including phenoxy) is 2. The summed E-state index contributed by atoms with van der Waals surface area (Å²) in [5.41, 5.74) is 0.541. The molecule has 0 saturated carbocycles. The van der Waals surface area contributed by atoms with Crippen molar-refractivity contribution in [3.05, 3.63) is 65.5 Å². The number of carbonyl (C=O) groups excluding carboxylic acids is 2. The van der Waals surface area contributed by atoms with Gasteiger partial charge in [0.2, 0.25) is 5.91 Å². The van der Waals surface area contributed by atoms with Crippen LogP contribution in [-0.4, -0.2) is 49.6 Å². The zero-order chi connectivity index (χ0) is 19.7. The third-order valence-corrected chi connectivity index (χ3v) is 5.46. The first kappa shape index (κ1) is 18.4. The molecular formula is C21H21FN2O4. The molecule has 2 atom stereocenters. The van der Waals surface area contributed by atoms with Crippen molar-refractivity contribution >= 4 is 11.8 Å². The van der Waals surface area contributed by atoms with E-state index in [4.69, 9.17) is 9.47 Å². The van der Waals surface area contributed by atoms with Crippen molar-refractivity contribution in [2.24, 2.45) is 0 Å². The van der Waals surface area contributed by atoms with Crippen molar-refractivity contribution in [2.45, 2.75) is 18.1 Å². The summed E-state index contributed by atoms with van der Waals surface area (Å²) >= 11 is 0. The van der Waals surface area contributed by atoms with Crippen LogP contribution in [0.15, 0.2) is 48.5 Å². The normalized spacial score (nSPS) is 24.3. The highest BCUT2D eigenvalue weighted by molar-refractivity contribution is 5.94. The van der Waals surface area contributed by atoms with Crippen LogP contribution < -0.4 is 10.1 Å². The second kappa shape index (κ2) is 7.24. The highest BCUT2D eigenvalue weighted by Crippen LogP contribution is 2.37. The molecule has 7 heteroatoms. The molecule has 2 aromatic carbocycles. The summed E-state index contributed by atoms with van der Waals surface area (Å²) < 4.78 is 24.7. The standard InChI is InChI=1S/C21H21FN2O4/c1-27-17-8-7-14(11-16(17)22)20(26)24-10-9-21(15-5-3-2-4-6-15)18(12-24)28-13-19(25)23-21/h2-8,11,18H,9-10,12-13H2,1H3,(H,23,25)/t18-,21+/m1/s1. The number of nitrogens with one attached hydrogen (secondary N) is 1. The fourth-order valence-corrected chi connectivity index (χ4v) is 4.02. The summed E-state index contributed by atoms with van der Waals surface area (Å²) in [6.07, 6.45) is 0.131. The zero-order valence-corrected chi connectivity index (χ0v) is 15.5. The molecule has 2 saturated heterocycles. The fourth-order valence-electron chi connectivity index (χ4n) is 4.02. The van der Waals surface area contributed by atoms with Crippen molar-refractivity contribution < 1.29 is 23.5 Å². The van der Waals surface area contributed by atoms with E-state index in [2.05, 4.69) is 5.32 Å². The third kappa shape index (κ3) is 3.11. The first-order chi connectivity index (χ1) is 13.5. The Kier molecular flexibility index (Phi) is 4.77. The topological polar surface area (TPSA) is 67.9 Å². The molecule has 1 N–H and O–H groups in total. The molecule has 0 aromatic heterocycles. The Balaban J connectivity index is 1.59. The SMILES string of the molecule is COc1ccc(C(=O)N2CC[C@@]3(c4ccccc4)NC(=O)CO[C@@H]3C2)cc1F. The predicted octanol–water partition coefficient (Wildman–Crippen LogP) is 2.09. The molecule has 0 spiro atoms. The van der Waals surface area contributed by atoms with E-state index in [9.17, 15) is 14.0 Å². The number of likely N-dealkylation sites (tertiary alicyclic amines) is 1. The van der Waals surface area contributed by atoms with Crippen molar-refractivity contribution in [3.8, 4) is 5.75 Å². The lowest BCUT2D eigenvalue weighted by atomic mass is 9.77. The highest BCUT2D eigenvalue weighted by Gasteiger charge is 2.49. The Bertz CT molecular complexity index is 905. The van der Waals surface area contributed by atoms with E-state index in [-0.39, 0.29) is 35.8 Å². The number of morpholine rings is 1. The maximum atomic E-state index is 14.0. The van der Waals surface area contributed by atoms with Crippen LogP contribution in [0.25, 0.3) is 0 Å². The van der Waals surface area contributed by atoms with Gasteiger partial charge in [0, 0.05) is 18.7 Å². The number of halogens is 1.